The fourth-order valence-corrected chi connectivity index (χ4v) is 2.97. The second kappa shape index (κ2) is 8.00. The number of rotatable bonds is 6. The highest BCUT2D eigenvalue weighted by molar-refractivity contribution is 5.76. The van der Waals surface area contributed by atoms with Crippen molar-refractivity contribution in [2.75, 3.05) is 6.54 Å². The van der Waals surface area contributed by atoms with Crippen molar-refractivity contribution in [2.24, 2.45) is 11.7 Å². The Morgan fingerprint density at radius 2 is 2.15 bits per heavy atom. The second-order valence-electron chi connectivity index (χ2n) is 5.63. The van der Waals surface area contributed by atoms with Gasteiger partial charge in [0.05, 0.1) is 0 Å². The van der Waals surface area contributed by atoms with Crippen LogP contribution in [0.1, 0.15) is 44.2 Å². The van der Waals surface area contributed by atoms with Crippen LogP contribution in [-0.4, -0.2) is 23.5 Å². The second-order valence-corrected chi connectivity index (χ2v) is 5.63. The molecule has 4 heteroatoms. The third-order valence-electron chi connectivity index (χ3n) is 4.15. The third kappa shape index (κ3) is 4.60. The van der Waals surface area contributed by atoms with Crippen molar-refractivity contribution in [3.63, 3.8) is 0 Å². The van der Waals surface area contributed by atoms with Crippen LogP contribution in [0.5, 0.6) is 0 Å². The molecule has 1 aromatic heterocycles. The molecule has 1 aliphatic carbocycles. The van der Waals surface area contributed by atoms with E-state index < -0.39 is 0 Å². The fourth-order valence-electron chi connectivity index (χ4n) is 2.97. The zero-order chi connectivity index (χ0) is 14.2. The van der Waals surface area contributed by atoms with Gasteiger partial charge in [-0.1, -0.05) is 25.3 Å². The van der Waals surface area contributed by atoms with E-state index in [0.717, 1.165) is 5.69 Å². The summed E-state index contributed by atoms with van der Waals surface area (Å²) in [4.78, 5) is 16.3. The van der Waals surface area contributed by atoms with Crippen LogP contribution in [0.3, 0.4) is 0 Å². The number of pyridine rings is 1. The highest BCUT2D eigenvalue weighted by Crippen LogP contribution is 2.26. The van der Waals surface area contributed by atoms with E-state index in [-0.39, 0.29) is 11.9 Å². The molecule has 110 valence electrons. The van der Waals surface area contributed by atoms with E-state index in [1.807, 2.05) is 18.2 Å². The molecule has 0 bridgehead atoms. The molecule has 1 amide bonds. The van der Waals surface area contributed by atoms with Crippen molar-refractivity contribution >= 4 is 5.91 Å². The maximum Gasteiger partial charge on any atom is 0.220 e. The minimum absolute atomic E-state index is 0.0941. The minimum Gasteiger partial charge on any atom is -0.352 e. The lowest BCUT2D eigenvalue weighted by Crippen LogP contribution is -2.46. The number of aromatic nitrogens is 1. The lowest BCUT2D eigenvalue weighted by Gasteiger charge is -2.30. The smallest absolute Gasteiger partial charge is 0.220 e. The van der Waals surface area contributed by atoms with Gasteiger partial charge in [0.2, 0.25) is 5.91 Å². The maximum absolute atomic E-state index is 12.0. The molecule has 1 aromatic rings. The number of hydrogen-bond acceptors (Lipinski definition) is 3. The molecule has 0 saturated heterocycles. The van der Waals surface area contributed by atoms with Crippen molar-refractivity contribution in [1.29, 1.82) is 0 Å². The van der Waals surface area contributed by atoms with Crippen molar-refractivity contribution < 1.29 is 4.79 Å². The van der Waals surface area contributed by atoms with Gasteiger partial charge in [-0.2, -0.15) is 0 Å². The molecule has 0 radical (unpaired) electrons. The van der Waals surface area contributed by atoms with E-state index in [1.165, 1.54) is 32.1 Å². The fraction of sp³-hybridized carbons (Fsp3) is 0.625. The number of aryl methyl sites for hydroxylation is 1. The largest absolute Gasteiger partial charge is 0.352 e. The minimum atomic E-state index is 0.0941. The van der Waals surface area contributed by atoms with Crippen LogP contribution >= 0.6 is 0 Å². The Morgan fingerprint density at radius 1 is 1.35 bits per heavy atom. The molecule has 20 heavy (non-hydrogen) atoms. The normalized spacial score (nSPS) is 17.6. The van der Waals surface area contributed by atoms with E-state index in [2.05, 4.69) is 10.3 Å². The molecular formula is C16H25N3O. The zero-order valence-electron chi connectivity index (χ0n) is 12.1. The van der Waals surface area contributed by atoms with Gasteiger partial charge < -0.3 is 11.1 Å². The lowest BCUT2D eigenvalue weighted by molar-refractivity contribution is -0.122. The van der Waals surface area contributed by atoms with E-state index in [0.29, 0.717) is 25.3 Å². The quantitative estimate of drug-likeness (QED) is 0.835. The van der Waals surface area contributed by atoms with Crippen LogP contribution in [-0.2, 0) is 11.2 Å². The number of nitrogens with two attached hydrogens (primary N) is 1. The molecule has 0 aliphatic heterocycles. The SMILES string of the molecule is NCC(NC(=O)CCc1ccccn1)C1CCCCC1. The summed E-state index contributed by atoms with van der Waals surface area (Å²) in [6.07, 6.45) is 9.19. The maximum atomic E-state index is 12.0. The molecule has 4 nitrogen and oxygen atoms in total. The average molecular weight is 275 g/mol. The summed E-state index contributed by atoms with van der Waals surface area (Å²) in [5.41, 5.74) is 6.79. The Morgan fingerprint density at radius 3 is 2.80 bits per heavy atom. The Balaban J connectivity index is 1.77. The summed E-state index contributed by atoms with van der Waals surface area (Å²) in [7, 11) is 0. The van der Waals surface area contributed by atoms with E-state index in [9.17, 15) is 4.79 Å². The summed E-state index contributed by atoms with van der Waals surface area (Å²) >= 11 is 0. The van der Waals surface area contributed by atoms with Crippen molar-refractivity contribution in [2.45, 2.75) is 51.0 Å². The van der Waals surface area contributed by atoms with E-state index in [1.54, 1.807) is 6.20 Å². The molecule has 1 heterocycles. The standard InChI is InChI=1S/C16H25N3O/c17-12-15(13-6-2-1-3-7-13)19-16(20)10-9-14-8-4-5-11-18-14/h4-5,8,11,13,15H,1-3,6-7,9-10,12,17H2,(H,19,20). The van der Waals surface area contributed by atoms with E-state index >= 15 is 0 Å². The highest BCUT2D eigenvalue weighted by atomic mass is 16.1. The zero-order valence-corrected chi connectivity index (χ0v) is 12.1. The third-order valence-corrected chi connectivity index (χ3v) is 4.15. The molecule has 1 atom stereocenters. The number of nitrogens with zero attached hydrogens (tertiary/aromatic N) is 1. The molecule has 0 aromatic carbocycles. The first-order valence-corrected chi connectivity index (χ1v) is 7.69. The van der Waals surface area contributed by atoms with Gasteiger partial charge in [-0.3, -0.25) is 9.78 Å². The first kappa shape index (κ1) is 15.0. The van der Waals surface area contributed by atoms with E-state index in [4.69, 9.17) is 5.73 Å². The molecule has 1 saturated carbocycles. The van der Waals surface area contributed by atoms with Crippen LogP contribution in [0.4, 0.5) is 0 Å². The topological polar surface area (TPSA) is 68.0 Å². The number of hydrogen-bond donors (Lipinski definition) is 2. The van der Waals surface area contributed by atoms with Crippen LogP contribution in [0, 0.1) is 5.92 Å². The number of amides is 1. The monoisotopic (exact) mass is 275 g/mol. The van der Waals surface area contributed by atoms with Gasteiger partial charge in [0, 0.05) is 30.9 Å². The highest BCUT2D eigenvalue weighted by Gasteiger charge is 2.23. The van der Waals surface area contributed by atoms with Crippen LogP contribution in [0.15, 0.2) is 24.4 Å². The van der Waals surface area contributed by atoms with Crippen molar-refractivity contribution in [1.82, 2.24) is 10.3 Å². The summed E-state index contributed by atoms with van der Waals surface area (Å²) in [5, 5.41) is 3.11. The number of nitrogens with one attached hydrogen (secondary N) is 1. The predicted molar refractivity (Wildman–Crippen MR) is 80.1 cm³/mol. The number of carbonyl (C=O) groups is 1. The molecule has 3 N–H and O–H groups in total. The first-order valence-electron chi connectivity index (χ1n) is 7.69. The number of carbonyl (C=O) groups excluding carboxylic acids is 1. The van der Waals surface area contributed by atoms with Crippen LogP contribution < -0.4 is 11.1 Å². The summed E-state index contributed by atoms with van der Waals surface area (Å²) in [6.45, 7) is 0.542. The Bertz CT molecular complexity index is 401. The van der Waals surface area contributed by atoms with Gasteiger partial charge in [0.15, 0.2) is 0 Å². The molecular weight excluding hydrogens is 250 g/mol. The molecule has 1 unspecified atom stereocenters. The van der Waals surface area contributed by atoms with Gasteiger partial charge in [-0.15, -0.1) is 0 Å². The summed E-state index contributed by atoms with van der Waals surface area (Å²) in [6, 6.07) is 5.93. The lowest BCUT2D eigenvalue weighted by atomic mass is 9.84. The molecule has 2 rings (SSSR count). The van der Waals surface area contributed by atoms with Gasteiger partial charge in [-0.05, 0) is 37.3 Å². The van der Waals surface area contributed by atoms with Gasteiger partial charge >= 0.3 is 0 Å². The van der Waals surface area contributed by atoms with Gasteiger partial charge in [-0.25, -0.2) is 0 Å². The molecule has 1 fully saturated rings. The van der Waals surface area contributed by atoms with Crippen molar-refractivity contribution in [3.8, 4) is 0 Å². The Hall–Kier alpha value is -1.42. The summed E-state index contributed by atoms with van der Waals surface area (Å²) in [5.74, 6) is 0.657. The first-order chi connectivity index (χ1) is 9.79. The van der Waals surface area contributed by atoms with Crippen LogP contribution in [0.25, 0.3) is 0 Å². The predicted octanol–water partition coefficient (Wildman–Crippen LogP) is 2.04. The average Bonchev–Trinajstić information content (AvgIpc) is 2.52. The van der Waals surface area contributed by atoms with Gasteiger partial charge in [0.25, 0.3) is 0 Å². The van der Waals surface area contributed by atoms with Crippen LogP contribution in [0.2, 0.25) is 0 Å². The van der Waals surface area contributed by atoms with Crippen molar-refractivity contribution in [3.05, 3.63) is 30.1 Å². The molecule has 0 spiro atoms. The molecule has 1 aliphatic rings. The Kier molecular flexibility index (Phi) is 5.99. The summed E-state index contributed by atoms with van der Waals surface area (Å²) < 4.78 is 0. The van der Waals surface area contributed by atoms with Gasteiger partial charge in [0.1, 0.15) is 0 Å². The Labute approximate surface area is 121 Å².